The zero-order chi connectivity index (χ0) is 17.1. The maximum absolute atomic E-state index is 12.0. The van der Waals surface area contributed by atoms with E-state index < -0.39 is 10.8 Å². The van der Waals surface area contributed by atoms with Crippen LogP contribution in [0.4, 0.5) is 5.69 Å². The zero-order valence-corrected chi connectivity index (χ0v) is 12.8. The number of halogens is 1. The Labute approximate surface area is 140 Å². The van der Waals surface area contributed by atoms with Gasteiger partial charge in [0.1, 0.15) is 0 Å². The Balaban J connectivity index is 1.81. The number of carbonyl (C=O) groups excluding carboxylic acids is 1. The number of fused-ring (bicyclic) bond motifs is 1. The maximum Gasteiger partial charge on any atom is 0.282 e. The highest BCUT2D eigenvalue weighted by molar-refractivity contribution is 6.33. The smallest absolute Gasteiger partial charge is 0.282 e. The zero-order valence-electron chi connectivity index (χ0n) is 12.1. The first-order valence-corrected chi connectivity index (χ1v) is 7.10. The number of benzene rings is 2. The SMILES string of the molecule is O=C(NN=Cc1cc2c(cc1[N+](=O)[O-])OCO2)c1ccccc1Cl. The second-order valence-corrected chi connectivity index (χ2v) is 5.11. The summed E-state index contributed by atoms with van der Waals surface area (Å²) in [6, 6.07) is 9.13. The van der Waals surface area contributed by atoms with E-state index in [4.69, 9.17) is 21.1 Å². The molecule has 0 saturated heterocycles. The Kier molecular flexibility index (Phi) is 4.30. The molecule has 0 aliphatic carbocycles. The second-order valence-electron chi connectivity index (χ2n) is 4.70. The van der Waals surface area contributed by atoms with Gasteiger partial charge in [-0.15, -0.1) is 0 Å². The van der Waals surface area contributed by atoms with Crippen molar-refractivity contribution in [3.05, 3.63) is 62.7 Å². The van der Waals surface area contributed by atoms with Gasteiger partial charge in [-0.05, 0) is 18.2 Å². The van der Waals surface area contributed by atoms with Gasteiger partial charge < -0.3 is 9.47 Å². The molecule has 0 unspecified atom stereocenters. The molecule has 122 valence electrons. The largest absolute Gasteiger partial charge is 0.454 e. The summed E-state index contributed by atoms with van der Waals surface area (Å²) >= 11 is 5.91. The first-order chi connectivity index (χ1) is 11.6. The van der Waals surface area contributed by atoms with Gasteiger partial charge in [0.15, 0.2) is 11.5 Å². The Hall–Kier alpha value is -3.13. The molecule has 0 saturated carbocycles. The molecule has 9 heteroatoms. The lowest BCUT2D eigenvalue weighted by molar-refractivity contribution is -0.385. The molecule has 1 amide bonds. The average molecular weight is 348 g/mol. The van der Waals surface area contributed by atoms with Crippen molar-refractivity contribution in [2.45, 2.75) is 0 Å². The molecule has 3 rings (SSSR count). The first kappa shape index (κ1) is 15.8. The van der Waals surface area contributed by atoms with Gasteiger partial charge in [-0.2, -0.15) is 5.10 Å². The highest BCUT2D eigenvalue weighted by atomic mass is 35.5. The third kappa shape index (κ3) is 3.13. The highest BCUT2D eigenvalue weighted by Crippen LogP contribution is 2.37. The van der Waals surface area contributed by atoms with Crippen LogP contribution in [0.2, 0.25) is 5.02 Å². The monoisotopic (exact) mass is 347 g/mol. The number of amides is 1. The van der Waals surface area contributed by atoms with Crippen LogP contribution < -0.4 is 14.9 Å². The molecule has 0 spiro atoms. The minimum Gasteiger partial charge on any atom is -0.454 e. The van der Waals surface area contributed by atoms with Gasteiger partial charge in [0.25, 0.3) is 11.6 Å². The molecule has 24 heavy (non-hydrogen) atoms. The lowest BCUT2D eigenvalue weighted by atomic mass is 10.1. The van der Waals surface area contributed by atoms with Crippen LogP contribution in [0, 0.1) is 10.1 Å². The molecule has 1 N–H and O–H groups in total. The van der Waals surface area contributed by atoms with Crippen molar-refractivity contribution in [1.29, 1.82) is 0 Å². The number of nitrogens with one attached hydrogen (secondary N) is 1. The van der Waals surface area contributed by atoms with Crippen LogP contribution in [0.5, 0.6) is 11.5 Å². The lowest BCUT2D eigenvalue weighted by Crippen LogP contribution is -2.18. The summed E-state index contributed by atoms with van der Waals surface area (Å²) in [4.78, 5) is 22.5. The Bertz CT molecular complexity index is 853. The third-order valence-corrected chi connectivity index (χ3v) is 3.54. The van der Waals surface area contributed by atoms with Crippen molar-refractivity contribution in [2.75, 3.05) is 6.79 Å². The van der Waals surface area contributed by atoms with Crippen molar-refractivity contribution in [1.82, 2.24) is 5.43 Å². The third-order valence-electron chi connectivity index (χ3n) is 3.21. The topological polar surface area (TPSA) is 103 Å². The number of nitrogens with zero attached hydrogens (tertiary/aromatic N) is 2. The highest BCUT2D eigenvalue weighted by Gasteiger charge is 2.22. The average Bonchev–Trinajstić information content (AvgIpc) is 3.01. The van der Waals surface area contributed by atoms with Gasteiger partial charge in [-0.1, -0.05) is 23.7 Å². The summed E-state index contributed by atoms with van der Waals surface area (Å²) in [5.41, 5.74) is 2.48. The molecular formula is C15H10ClN3O5. The number of ether oxygens (including phenoxy) is 2. The van der Waals surface area contributed by atoms with E-state index in [0.717, 1.165) is 6.21 Å². The number of hydrogen-bond donors (Lipinski definition) is 1. The molecular weight excluding hydrogens is 338 g/mol. The van der Waals surface area contributed by atoms with Gasteiger partial charge in [0.05, 0.1) is 33.4 Å². The van der Waals surface area contributed by atoms with Gasteiger partial charge in [0, 0.05) is 0 Å². The summed E-state index contributed by atoms with van der Waals surface area (Å²) in [5.74, 6) is 0.138. The van der Waals surface area contributed by atoms with Crippen molar-refractivity contribution in [3.63, 3.8) is 0 Å². The number of nitro groups is 1. The van der Waals surface area contributed by atoms with E-state index in [9.17, 15) is 14.9 Å². The molecule has 1 aliphatic rings. The number of nitro benzene ring substituents is 1. The summed E-state index contributed by atoms with van der Waals surface area (Å²) in [7, 11) is 0. The molecule has 1 aliphatic heterocycles. The molecule has 0 fully saturated rings. The minimum atomic E-state index is -0.570. The molecule has 2 aromatic carbocycles. The normalized spacial score (nSPS) is 12.4. The summed E-state index contributed by atoms with van der Waals surface area (Å²) < 4.78 is 10.3. The van der Waals surface area contributed by atoms with Crippen molar-refractivity contribution >= 4 is 29.4 Å². The number of rotatable bonds is 4. The minimum absolute atomic E-state index is 0.00364. The molecule has 8 nitrogen and oxygen atoms in total. The fourth-order valence-electron chi connectivity index (χ4n) is 2.07. The Morgan fingerprint density at radius 2 is 2.00 bits per heavy atom. The van der Waals surface area contributed by atoms with Crippen molar-refractivity contribution in [3.8, 4) is 11.5 Å². The van der Waals surface area contributed by atoms with E-state index in [1.165, 1.54) is 18.2 Å². The first-order valence-electron chi connectivity index (χ1n) is 6.72. The van der Waals surface area contributed by atoms with E-state index in [-0.39, 0.29) is 28.6 Å². The van der Waals surface area contributed by atoms with Gasteiger partial charge in [-0.3, -0.25) is 14.9 Å². The molecule has 2 aromatic rings. The molecule has 0 bridgehead atoms. The van der Waals surface area contributed by atoms with Crippen LogP contribution in [0.15, 0.2) is 41.5 Å². The summed E-state index contributed by atoms with van der Waals surface area (Å²) in [6.07, 6.45) is 1.16. The number of hydrogen-bond acceptors (Lipinski definition) is 6. The van der Waals surface area contributed by atoms with Gasteiger partial charge >= 0.3 is 0 Å². The molecule has 0 radical (unpaired) electrons. The fraction of sp³-hybridized carbons (Fsp3) is 0.0667. The molecule has 1 heterocycles. The maximum atomic E-state index is 12.0. The quantitative estimate of drug-likeness (QED) is 0.520. The van der Waals surface area contributed by atoms with E-state index >= 15 is 0 Å². The van der Waals surface area contributed by atoms with Crippen LogP contribution in [-0.2, 0) is 0 Å². The van der Waals surface area contributed by atoms with E-state index in [0.29, 0.717) is 11.5 Å². The standard InChI is InChI=1S/C15H10ClN3O5/c16-11-4-2-1-3-10(11)15(20)18-17-7-9-5-13-14(24-8-23-13)6-12(9)19(21)22/h1-7H,8H2,(H,18,20). The van der Waals surface area contributed by atoms with Gasteiger partial charge in [0.2, 0.25) is 6.79 Å². The van der Waals surface area contributed by atoms with Crippen molar-refractivity contribution < 1.29 is 19.2 Å². The molecule has 0 aromatic heterocycles. The van der Waals surface area contributed by atoms with E-state index in [1.807, 2.05) is 0 Å². The van der Waals surface area contributed by atoms with E-state index in [2.05, 4.69) is 10.5 Å². The van der Waals surface area contributed by atoms with Crippen LogP contribution >= 0.6 is 11.6 Å². The Morgan fingerprint density at radius 1 is 1.29 bits per heavy atom. The predicted octanol–water partition coefficient (Wildman–Crippen LogP) is 2.74. The number of carbonyl (C=O) groups is 1. The van der Waals surface area contributed by atoms with Crippen LogP contribution in [0.25, 0.3) is 0 Å². The second kappa shape index (κ2) is 6.55. The van der Waals surface area contributed by atoms with Crippen LogP contribution in [0.1, 0.15) is 15.9 Å². The fourth-order valence-corrected chi connectivity index (χ4v) is 2.30. The van der Waals surface area contributed by atoms with Gasteiger partial charge in [-0.25, -0.2) is 5.43 Å². The van der Waals surface area contributed by atoms with E-state index in [1.54, 1.807) is 18.2 Å². The van der Waals surface area contributed by atoms with Crippen LogP contribution in [-0.4, -0.2) is 23.8 Å². The lowest BCUT2D eigenvalue weighted by Gasteiger charge is -2.02. The summed E-state index contributed by atoms with van der Waals surface area (Å²) in [5, 5.41) is 15.1. The van der Waals surface area contributed by atoms with Crippen molar-refractivity contribution in [2.24, 2.45) is 5.10 Å². The summed E-state index contributed by atoms with van der Waals surface area (Å²) in [6.45, 7) is -0.00364. The molecule has 0 atom stereocenters. The van der Waals surface area contributed by atoms with Crippen LogP contribution in [0.3, 0.4) is 0 Å². The Morgan fingerprint density at radius 3 is 2.71 bits per heavy atom. The number of hydrazone groups is 1. The predicted molar refractivity (Wildman–Crippen MR) is 85.7 cm³/mol.